The fraction of sp³-hybridized carbons (Fsp3) is 0.500. The molecule has 82 valence electrons. The molecular weight excluding hydrogens is 184 g/mol. The monoisotopic (exact) mass is 204 g/mol. The van der Waals surface area contributed by atoms with Crippen molar-refractivity contribution in [1.29, 1.82) is 0 Å². The van der Waals surface area contributed by atoms with Gasteiger partial charge in [-0.2, -0.15) is 0 Å². The van der Waals surface area contributed by atoms with Gasteiger partial charge >= 0.3 is 0 Å². The molecule has 0 aliphatic carbocycles. The second kappa shape index (κ2) is 5.69. The maximum atomic E-state index is 11.4. The van der Waals surface area contributed by atoms with Gasteiger partial charge in [0.05, 0.1) is 0 Å². The molecule has 1 aromatic carbocycles. The summed E-state index contributed by atoms with van der Waals surface area (Å²) in [5.74, 6) is 0.523. The Kier molecular flexibility index (Phi) is 4.54. The van der Waals surface area contributed by atoms with E-state index in [-0.39, 0.29) is 5.92 Å². The molecule has 1 rings (SSSR count). The van der Waals surface area contributed by atoms with Gasteiger partial charge in [0.2, 0.25) is 0 Å². The lowest BCUT2D eigenvalue weighted by molar-refractivity contribution is -0.121. The molecule has 0 aliphatic rings. The third-order valence-corrected chi connectivity index (χ3v) is 2.74. The Morgan fingerprint density at radius 2 is 1.67 bits per heavy atom. The minimum atomic E-state index is 0.167. The summed E-state index contributed by atoms with van der Waals surface area (Å²) in [6, 6.07) is 8.56. The first-order valence-corrected chi connectivity index (χ1v) is 5.74. The highest BCUT2D eigenvalue weighted by molar-refractivity contribution is 5.80. The van der Waals surface area contributed by atoms with Gasteiger partial charge in [0.25, 0.3) is 0 Å². The van der Waals surface area contributed by atoms with Crippen LogP contribution in [0.5, 0.6) is 0 Å². The molecule has 0 saturated heterocycles. The molecule has 0 N–H and O–H groups in total. The fourth-order valence-electron chi connectivity index (χ4n) is 1.50. The van der Waals surface area contributed by atoms with Gasteiger partial charge in [0, 0.05) is 12.3 Å². The quantitative estimate of drug-likeness (QED) is 0.718. The molecule has 0 amide bonds. The highest BCUT2D eigenvalue weighted by Gasteiger charge is 2.06. The molecule has 1 heteroatoms. The first kappa shape index (κ1) is 12.0. The Labute approximate surface area is 92.5 Å². The number of hydrogen-bond acceptors (Lipinski definition) is 1. The smallest absolute Gasteiger partial charge is 0.135 e. The molecule has 0 fully saturated rings. The molecule has 0 aromatic heterocycles. The molecule has 0 heterocycles. The summed E-state index contributed by atoms with van der Waals surface area (Å²) < 4.78 is 0. The van der Waals surface area contributed by atoms with Crippen molar-refractivity contribution in [3.05, 3.63) is 35.4 Å². The maximum absolute atomic E-state index is 11.4. The minimum absolute atomic E-state index is 0.167. The van der Waals surface area contributed by atoms with Crippen LogP contribution < -0.4 is 0 Å². The SMILES string of the molecule is CCc1ccc(CCC(=O)C(C)C)cc1. The summed E-state index contributed by atoms with van der Waals surface area (Å²) in [6.45, 7) is 6.07. The molecule has 0 spiro atoms. The number of carbonyl (C=O) groups is 1. The first-order chi connectivity index (χ1) is 7.13. The molecule has 0 bridgehead atoms. The largest absolute Gasteiger partial charge is 0.299 e. The molecule has 1 aromatic rings. The van der Waals surface area contributed by atoms with Crippen molar-refractivity contribution in [1.82, 2.24) is 0 Å². The molecule has 0 unspecified atom stereocenters. The number of benzene rings is 1. The van der Waals surface area contributed by atoms with E-state index in [1.165, 1.54) is 11.1 Å². The summed E-state index contributed by atoms with van der Waals surface area (Å²) in [6.07, 6.45) is 2.62. The Bertz CT molecular complexity index is 309. The van der Waals surface area contributed by atoms with Gasteiger partial charge in [-0.15, -0.1) is 0 Å². The maximum Gasteiger partial charge on any atom is 0.135 e. The zero-order chi connectivity index (χ0) is 11.3. The number of hydrogen-bond donors (Lipinski definition) is 0. The number of Topliss-reactive ketones (excluding diaryl/α,β-unsaturated/α-hetero) is 1. The highest BCUT2D eigenvalue weighted by Crippen LogP contribution is 2.09. The summed E-state index contributed by atoms with van der Waals surface area (Å²) >= 11 is 0. The highest BCUT2D eigenvalue weighted by atomic mass is 16.1. The van der Waals surface area contributed by atoms with Crippen molar-refractivity contribution in [2.24, 2.45) is 5.92 Å². The van der Waals surface area contributed by atoms with E-state index in [9.17, 15) is 4.79 Å². The zero-order valence-corrected chi connectivity index (χ0v) is 9.92. The normalized spacial score (nSPS) is 10.7. The molecule has 0 radical (unpaired) electrons. The van der Waals surface area contributed by atoms with E-state index in [2.05, 4.69) is 31.2 Å². The molecule has 0 aliphatic heterocycles. The Morgan fingerprint density at radius 1 is 1.13 bits per heavy atom. The third-order valence-electron chi connectivity index (χ3n) is 2.74. The van der Waals surface area contributed by atoms with Gasteiger partial charge in [-0.05, 0) is 24.0 Å². The zero-order valence-electron chi connectivity index (χ0n) is 9.92. The summed E-state index contributed by atoms with van der Waals surface area (Å²) in [5, 5.41) is 0. The number of rotatable bonds is 5. The van der Waals surface area contributed by atoms with Crippen molar-refractivity contribution in [3.63, 3.8) is 0 Å². The number of ketones is 1. The predicted octanol–water partition coefficient (Wildman–Crippen LogP) is 3.41. The summed E-state index contributed by atoms with van der Waals surface area (Å²) in [5.41, 5.74) is 2.62. The lowest BCUT2D eigenvalue weighted by atomic mass is 10.00. The molecular formula is C14H20O. The Hall–Kier alpha value is -1.11. The minimum Gasteiger partial charge on any atom is -0.299 e. The Balaban J connectivity index is 2.47. The molecule has 0 saturated carbocycles. The van der Waals surface area contributed by atoms with Crippen LogP contribution >= 0.6 is 0 Å². The van der Waals surface area contributed by atoms with Gasteiger partial charge in [-0.1, -0.05) is 45.0 Å². The average Bonchev–Trinajstić information content (AvgIpc) is 2.26. The lowest BCUT2D eigenvalue weighted by Crippen LogP contribution is -2.07. The van der Waals surface area contributed by atoms with E-state index in [0.29, 0.717) is 12.2 Å². The van der Waals surface area contributed by atoms with Crippen LogP contribution in [0.15, 0.2) is 24.3 Å². The average molecular weight is 204 g/mol. The Morgan fingerprint density at radius 3 is 2.13 bits per heavy atom. The van der Waals surface area contributed by atoms with Crippen LogP contribution in [-0.4, -0.2) is 5.78 Å². The van der Waals surface area contributed by atoms with Crippen molar-refractivity contribution in [2.45, 2.75) is 40.0 Å². The second-order valence-electron chi connectivity index (χ2n) is 4.29. The molecule has 15 heavy (non-hydrogen) atoms. The number of aryl methyl sites for hydroxylation is 2. The van der Waals surface area contributed by atoms with Gasteiger partial charge in [-0.3, -0.25) is 4.79 Å². The lowest BCUT2D eigenvalue weighted by Gasteiger charge is -2.04. The van der Waals surface area contributed by atoms with E-state index < -0.39 is 0 Å². The van der Waals surface area contributed by atoms with Crippen LogP contribution in [0, 0.1) is 5.92 Å². The third kappa shape index (κ3) is 3.86. The topological polar surface area (TPSA) is 17.1 Å². The summed E-state index contributed by atoms with van der Waals surface area (Å²) in [7, 11) is 0. The first-order valence-electron chi connectivity index (χ1n) is 5.74. The van der Waals surface area contributed by atoms with Crippen molar-refractivity contribution in [2.75, 3.05) is 0 Å². The van der Waals surface area contributed by atoms with Crippen molar-refractivity contribution in [3.8, 4) is 0 Å². The second-order valence-corrected chi connectivity index (χ2v) is 4.29. The van der Waals surface area contributed by atoms with Crippen LogP contribution in [0.3, 0.4) is 0 Å². The molecule has 0 atom stereocenters. The van der Waals surface area contributed by atoms with Gasteiger partial charge in [-0.25, -0.2) is 0 Å². The van der Waals surface area contributed by atoms with Crippen molar-refractivity contribution >= 4 is 5.78 Å². The molecule has 1 nitrogen and oxygen atoms in total. The van der Waals surface area contributed by atoms with E-state index in [1.807, 2.05) is 13.8 Å². The van der Waals surface area contributed by atoms with E-state index in [1.54, 1.807) is 0 Å². The number of carbonyl (C=O) groups excluding carboxylic acids is 1. The van der Waals surface area contributed by atoms with Crippen LogP contribution in [0.25, 0.3) is 0 Å². The van der Waals surface area contributed by atoms with E-state index in [0.717, 1.165) is 12.8 Å². The fourth-order valence-corrected chi connectivity index (χ4v) is 1.50. The summed E-state index contributed by atoms with van der Waals surface area (Å²) in [4.78, 5) is 11.4. The van der Waals surface area contributed by atoms with Crippen molar-refractivity contribution < 1.29 is 4.79 Å². The standard InChI is InChI=1S/C14H20O/c1-4-12-5-7-13(8-6-12)9-10-14(15)11(2)3/h5-8,11H,4,9-10H2,1-3H3. The van der Waals surface area contributed by atoms with Crippen LogP contribution in [0.1, 0.15) is 38.3 Å². The van der Waals surface area contributed by atoms with Crippen LogP contribution in [0.2, 0.25) is 0 Å². The van der Waals surface area contributed by atoms with Crippen LogP contribution in [0.4, 0.5) is 0 Å². The van der Waals surface area contributed by atoms with Gasteiger partial charge in [0.1, 0.15) is 5.78 Å². The van der Waals surface area contributed by atoms with Crippen LogP contribution in [-0.2, 0) is 17.6 Å². The van der Waals surface area contributed by atoms with E-state index in [4.69, 9.17) is 0 Å². The predicted molar refractivity (Wildman–Crippen MR) is 64.0 cm³/mol. The van der Waals surface area contributed by atoms with E-state index >= 15 is 0 Å². The van der Waals surface area contributed by atoms with Gasteiger partial charge in [0.15, 0.2) is 0 Å². The van der Waals surface area contributed by atoms with Gasteiger partial charge < -0.3 is 0 Å².